The Hall–Kier alpha value is -2.44. The first-order chi connectivity index (χ1) is 9.26. The molecule has 1 amide bonds. The van der Waals surface area contributed by atoms with Crippen LogP contribution in [-0.2, 0) is 0 Å². The van der Waals surface area contributed by atoms with Crippen LogP contribution in [0.25, 0.3) is 11.3 Å². The molecule has 2 rings (SSSR count). The van der Waals surface area contributed by atoms with Gasteiger partial charge in [-0.05, 0) is 37.3 Å². The van der Waals surface area contributed by atoms with Gasteiger partial charge in [0.25, 0.3) is 5.91 Å². The first-order valence-electron chi connectivity index (χ1n) is 5.52. The minimum absolute atomic E-state index is 0.232. The highest BCUT2D eigenvalue weighted by Gasteiger charge is 2.31. The fourth-order valence-corrected chi connectivity index (χ4v) is 1.69. The molecule has 106 valence electrons. The maximum Gasteiger partial charge on any atom is 0.573 e. The number of hydrogen-bond donors (Lipinski definition) is 1. The average molecular weight is 285 g/mol. The summed E-state index contributed by atoms with van der Waals surface area (Å²) in [4.78, 5) is 11.1. The first kappa shape index (κ1) is 14.0. The third-order valence-corrected chi connectivity index (χ3v) is 2.56. The number of benzene rings is 1. The Bertz CT molecular complexity index is 629. The quantitative estimate of drug-likeness (QED) is 0.941. The number of alkyl halides is 3. The minimum Gasteiger partial charge on any atom is -0.461 e. The van der Waals surface area contributed by atoms with Gasteiger partial charge in [-0.3, -0.25) is 4.79 Å². The van der Waals surface area contributed by atoms with Gasteiger partial charge in [0.05, 0.1) is 5.56 Å². The summed E-state index contributed by atoms with van der Waals surface area (Å²) in [5.74, 6) is -0.271. The molecule has 0 saturated heterocycles. The molecule has 0 aliphatic rings. The molecule has 0 unspecified atom stereocenters. The van der Waals surface area contributed by atoms with Gasteiger partial charge >= 0.3 is 6.36 Å². The lowest BCUT2D eigenvalue weighted by molar-refractivity contribution is -0.274. The Morgan fingerprint density at radius 3 is 2.30 bits per heavy atom. The highest BCUT2D eigenvalue weighted by molar-refractivity contribution is 5.94. The summed E-state index contributed by atoms with van der Waals surface area (Å²) in [6.45, 7) is 1.57. The molecule has 0 spiro atoms. The molecular formula is C13H10F3NO3. The van der Waals surface area contributed by atoms with Crippen molar-refractivity contribution >= 4 is 5.91 Å². The lowest BCUT2D eigenvalue weighted by Gasteiger charge is -2.08. The van der Waals surface area contributed by atoms with E-state index in [4.69, 9.17) is 10.2 Å². The van der Waals surface area contributed by atoms with Gasteiger partial charge in [-0.1, -0.05) is 0 Å². The summed E-state index contributed by atoms with van der Waals surface area (Å²) >= 11 is 0. The molecule has 0 aliphatic carbocycles. The van der Waals surface area contributed by atoms with Gasteiger partial charge < -0.3 is 14.9 Å². The summed E-state index contributed by atoms with van der Waals surface area (Å²) in [7, 11) is 0. The number of carbonyl (C=O) groups is 1. The van der Waals surface area contributed by atoms with Gasteiger partial charge in [0.15, 0.2) is 0 Å². The molecule has 7 heteroatoms. The molecule has 1 aromatic heterocycles. The number of aryl methyl sites for hydroxylation is 1. The van der Waals surface area contributed by atoms with Gasteiger partial charge in [0.2, 0.25) is 0 Å². The van der Waals surface area contributed by atoms with Crippen LogP contribution in [0.5, 0.6) is 5.75 Å². The smallest absolute Gasteiger partial charge is 0.461 e. The topological polar surface area (TPSA) is 65.5 Å². The SMILES string of the molecule is Cc1oc(-c2ccc(OC(F)(F)F)cc2)cc1C(N)=O. The average Bonchev–Trinajstić information content (AvgIpc) is 2.70. The monoisotopic (exact) mass is 285 g/mol. The Kier molecular flexibility index (Phi) is 3.44. The van der Waals surface area contributed by atoms with Crippen molar-refractivity contribution in [2.24, 2.45) is 5.73 Å². The molecular weight excluding hydrogens is 275 g/mol. The highest BCUT2D eigenvalue weighted by atomic mass is 19.4. The number of rotatable bonds is 3. The van der Waals surface area contributed by atoms with E-state index in [1.54, 1.807) is 6.92 Å². The Balaban J connectivity index is 2.26. The zero-order valence-electron chi connectivity index (χ0n) is 10.3. The maximum absolute atomic E-state index is 12.0. The van der Waals surface area contributed by atoms with E-state index < -0.39 is 12.3 Å². The van der Waals surface area contributed by atoms with E-state index in [1.165, 1.54) is 18.2 Å². The Morgan fingerprint density at radius 2 is 1.85 bits per heavy atom. The Labute approximate surface area is 111 Å². The van der Waals surface area contributed by atoms with Gasteiger partial charge in [-0.15, -0.1) is 13.2 Å². The van der Waals surface area contributed by atoms with Gasteiger partial charge in [0, 0.05) is 5.56 Å². The standard InChI is InChI=1S/C13H10F3NO3/c1-7-10(12(17)18)6-11(19-7)8-2-4-9(5-3-8)20-13(14,15)16/h2-6H,1H3,(H2,17,18). The third kappa shape index (κ3) is 3.11. The van der Waals surface area contributed by atoms with Crippen LogP contribution in [0.4, 0.5) is 13.2 Å². The van der Waals surface area contributed by atoms with Gasteiger partial charge in [-0.2, -0.15) is 0 Å². The summed E-state index contributed by atoms with van der Waals surface area (Å²) in [6, 6.07) is 6.54. The van der Waals surface area contributed by atoms with Crippen molar-refractivity contribution < 1.29 is 27.1 Å². The minimum atomic E-state index is -4.73. The number of hydrogen-bond acceptors (Lipinski definition) is 3. The van der Waals surface area contributed by atoms with Crippen LogP contribution < -0.4 is 10.5 Å². The molecule has 20 heavy (non-hydrogen) atoms. The van der Waals surface area contributed by atoms with Crippen LogP contribution in [0.1, 0.15) is 16.1 Å². The van der Waals surface area contributed by atoms with E-state index in [-0.39, 0.29) is 11.3 Å². The summed E-state index contributed by atoms with van der Waals surface area (Å²) < 4.78 is 45.1. The number of amides is 1. The van der Waals surface area contributed by atoms with E-state index in [0.29, 0.717) is 17.1 Å². The van der Waals surface area contributed by atoms with Crippen LogP contribution in [0, 0.1) is 6.92 Å². The van der Waals surface area contributed by atoms with Crippen LogP contribution in [0.15, 0.2) is 34.7 Å². The maximum atomic E-state index is 12.0. The van der Waals surface area contributed by atoms with Crippen molar-refractivity contribution in [3.8, 4) is 17.1 Å². The molecule has 2 aromatic rings. The van der Waals surface area contributed by atoms with E-state index in [1.807, 2.05) is 0 Å². The van der Waals surface area contributed by atoms with E-state index in [0.717, 1.165) is 12.1 Å². The summed E-state index contributed by atoms with van der Waals surface area (Å²) in [6.07, 6.45) is -4.73. The predicted molar refractivity (Wildman–Crippen MR) is 64.1 cm³/mol. The normalized spacial score (nSPS) is 11.4. The largest absolute Gasteiger partial charge is 0.573 e. The summed E-state index contributed by atoms with van der Waals surface area (Å²) in [5.41, 5.74) is 5.90. The van der Waals surface area contributed by atoms with Crippen molar-refractivity contribution in [3.63, 3.8) is 0 Å². The summed E-state index contributed by atoms with van der Waals surface area (Å²) in [5, 5.41) is 0. The molecule has 1 heterocycles. The van der Waals surface area contributed by atoms with Gasteiger partial charge in [0.1, 0.15) is 17.3 Å². The predicted octanol–water partition coefficient (Wildman–Crippen LogP) is 3.25. The van der Waals surface area contributed by atoms with E-state index in [9.17, 15) is 18.0 Å². The number of ether oxygens (including phenoxy) is 1. The van der Waals surface area contributed by atoms with Crippen LogP contribution in [-0.4, -0.2) is 12.3 Å². The fraction of sp³-hybridized carbons (Fsp3) is 0.154. The molecule has 0 atom stereocenters. The zero-order chi connectivity index (χ0) is 14.9. The van der Waals surface area contributed by atoms with E-state index in [2.05, 4.69) is 4.74 Å². The molecule has 0 bridgehead atoms. The van der Waals surface area contributed by atoms with Gasteiger partial charge in [-0.25, -0.2) is 0 Å². The van der Waals surface area contributed by atoms with Crippen LogP contribution in [0.3, 0.4) is 0 Å². The molecule has 0 saturated carbocycles. The second-order valence-electron chi connectivity index (χ2n) is 4.02. The number of nitrogens with two attached hydrogens (primary N) is 1. The molecule has 1 aromatic carbocycles. The zero-order valence-corrected chi connectivity index (χ0v) is 10.3. The first-order valence-corrected chi connectivity index (χ1v) is 5.52. The van der Waals surface area contributed by atoms with Crippen molar-refractivity contribution in [1.82, 2.24) is 0 Å². The lowest BCUT2D eigenvalue weighted by atomic mass is 10.1. The number of carbonyl (C=O) groups excluding carboxylic acids is 1. The molecule has 0 radical (unpaired) electrons. The van der Waals surface area contributed by atoms with Crippen LogP contribution >= 0.6 is 0 Å². The molecule has 0 aliphatic heterocycles. The van der Waals surface area contributed by atoms with E-state index >= 15 is 0 Å². The second kappa shape index (κ2) is 4.92. The number of primary amides is 1. The number of furan rings is 1. The third-order valence-electron chi connectivity index (χ3n) is 2.56. The lowest BCUT2D eigenvalue weighted by Crippen LogP contribution is -2.16. The Morgan fingerprint density at radius 1 is 1.25 bits per heavy atom. The molecule has 2 N–H and O–H groups in total. The second-order valence-corrected chi connectivity index (χ2v) is 4.02. The highest BCUT2D eigenvalue weighted by Crippen LogP contribution is 2.28. The van der Waals surface area contributed by atoms with Crippen molar-refractivity contribution in [2.45, 2.75) is 13.3 Å². The fourth-order valence-electron chi connectivity index (χ4n) is 1.69. The van der Waals surface area contributed by atoms with Crippen molar-refractivity contribution in [2.75, 3.05) is 0 Å². The van der Waals surface area contributed by atoms with Crippen molar-refractivity contribution in [3.05, 3.63) is 41.7 Å². The molecule has 4 nitrogen and oxygen atoms in total. The molecule has 0 fully saturated rings. The number of halogens is 3. The van der Waals surface area contributed by atoms with Crippen molar-refractivity contribution in [1.29, 1.82) is 0 Å². The van der Waals surface area contributed by atoms with Crippen LogP contribution in [0.2, 0.25) is 0 Å².